The molecule has 34 heavy (non-hydrogen) atoms. The second-order valence-electron chi connectivity index (χ2n) is 9.05. The minimum atomic E-state index is -1.30. The van der Waals surface area contributed by atoms with Crippen molar-refractivity contribution in [3.63, 3.8) is 0 Å². The lowest BCUT2D eigenvalue weighted by Gasteiger charge is -2.34. The van der Waals surface area contributed by atoms with Gasteiger partial charge >= 0.3 is 5.97 Å². The summed E-state index contributed by atoms with van der Waals surface area (Å²) in [6.07, 6.45) is -2.03. The Kier molecular flexibility index (Phi) is 6.60. The van der Waals surface area contributed by atoms with Gasteiger partial charge in [0.05, 0.1) is 18.8 Å². The third-order valence-corrected chi connectivity index (χ3v) is 6.55. The minimum absolute atomic E-state index is 0.0775. The molecule has 0 bridgehead atoms. The maximum atomic E-state index is 13.5. The van der Waals surface area contributed by atoms with Gasteiger partial charge in [-0.2, -0.15) is 0 Å². The maximum Gasteiger partial charge on any atom is 0.338 e. The average molecular weight is 469 g/mol. The second kappa shape index (κ2) is 9.31. The Morgan fingerprint density at radius 2 is 1.79 bits per heavy atom. The van der Waals surface area contributed by atoms with Crippen LogP contribution in [-0.2, 0) is 16.6 Å². The highest BCUT2D eigenvalue weighted by Crippen LogP contribution is 2.50. The minimum Gasteiger partial charge on any atom is -0.491 e. The maximum absolute atomic E-state index is 13.5. The molecular weight excluding hydrogens is 440 g/mol. The molecule has 0 radical (unpaired) electrons. The molecule has 0 aromatic heterocycles. The van der Waals surface area contributed by atoms with E-state index in [-0.39, 0.29) is 25.6 Å². The predicted molar refractivity (Wildman–Crippen MR) is 123 cm³/mol. The van der Waals surface area contributed by atoms with E-state index in [9.17, 15) is 19.8 Å². The molecule has 0 heterocycles. The number of ether oxygens (including phenoxy) is 2. The van der Waals surface area contributed by atoms with Crippen LogP contribution in [-0.4, -0.2) is 70.8 Å². The Labute approximate surface area is 197 Å². The number of fused-ring (bicyclic) bond motifs is 3. The zero-order valence-corrected chi connectivity index (χ0v) is 19.1. The zero-order valence-electron chi connectivity index (χ0n) is 19.1. The van der Waals surface area contributed by atoms with Crippen LogP contribution >= 0.6 is 0 Å². The smallest absolute Gasteiger partial charge is 0.338 e. The van der Waals surface area contributed by atoms with Crippen molar-refractivity contribution in [3.05, 3.63) is 69.8 Å². The number of benzene rings is 2. The Morgan fingerprint density at radius 1 is 1.06 bits per heavy atom. The molecule has 0 saturated carbocycles. The monoisotopic (exact) mass is 468 g/mol. The van der Waals surface area contributed by atoms with Crippen LogP contribution in [0.15, 0.2) is 42.0 Å². The summed E-state index contributed by atoms with van der Waals surface area (Å²) in [4.78, 5) is 25.7. The number of aliphatic hydroxyl groups is 4. The van der Waals surface area contributed by atoms with Crippen molar-refractivity contribution in [1.29, 1.82) is 0 Å². The van der Waals surface area contributed by atoms with Crippen molar-refractivity contribution in [2.75, 3.05) is 26.4 Å². The molecule has 2 atom stereocenters. The van der Waals surface area contributed by atoms with Gasteiger partial charge in [-0.05, 0) is 59.0 Å². The van der Waals surface area contributed by atoms with E-state index in [1.54, 1.807) is 36.4 Å². The van der Waals surface area contributed by atoms with Gasteiger partial charge in [0.1, 0.15) is 31.2 Å². The molecule has 0 spiro atoms. The molecule has 2 unspecified atom stereocenters. The molecule has 4 rings (SSSR count). The van der Waals surface area contributed by atoms with Gasteiger partial charge in [0.25, 0.3) is 0 Å². The molecule has 4 N–H and O–H groups in total. The van der Waals surface area contributed by atoms with Gasteiger partial charge in [-0.1, -0.05) is 19.9 Å². The van der Waals surface area contributed by atoms with Crippen LogP contribution in [0.2, 0.25) is 0 Å². The summed E-state index contributed by atoms with van der Waals surface area (Å²) < 4.78 is 10.6. The summed E-state index contributed by atoms with van der Waals surface area (Å²) in [6, 6.07) is 10.3. The number of carbonyl (C=O) groups is 2. The van der Waals surface area contributed by atoms with Gasteiger partial charge in [0.15, 0.2) is 5.78 Å². The Bertz CT molecular complexity index is 1160. The van der Waals surface area contributed by atoms with E-state index < -0.39 is 30.2 Å². The van der Waals surface area contributed by atoms with Crippen molar-refractivity contribution in [2.45, 2.75) is 37.9 Å². The van der Waals surface area contributed by atoms with Crippen LogP contribution < -0.4 is 4.74 Å². The molecule has 0 saturated heterocycles. The van der Waals surface area contributed by atoms with E-state index in [0.29, 0.717) is 28.9 Å². The highest BCUT2D eigenvalue weighted by Gasteiger charge is 2.43. The first-order valence-corrected chi connectivity index (χ1v) is 11.1. The summed E-state index contributed by atoms with van der Waals surface area (Å²) in [5.41, 5.74) is 4.50. The molecule has 2 aliphatic rings. The van der Waals surface area contributed by atoms with Crippen molar-refractivity contribution < 1.29 is 39.5 Å². The van der Waals surface area contributed by atoms with E-state index in [2.05, 4.69) is 0 Å². The lowest BCUT2D eigenvalue weighted by molar-refractivity contribution is -0.0339. The molecule has 2 aromatic carbocycles. The summed E-state index contributed by atoms with van der Waals surface area (Å²) in [6.45, 7) is 2.96. The number of rotatable bonds is 8. The zero-order chi connectivity index (χ0) is 24.6. The SMILES string of the molecule is CC1(C)C2=C(C(=O)c3ccc(OCC(O)C(O)CO)cc31)c1ccc(C(=O)OCCO)cc1C2. The van der Waals surface area contributed by atoms with E-state index in [0.717, 1.165) is 22.3 Å². The fourth-order valence-electron chi connectivity index (χ4n) is 4.61. The predicted octanol–water partition coefficient (Wildman–Crippen LogP) is 1.41. The lowest BCUT2D eigenvalue weighted by atomic mass is 9.68. The molecule has 8 heteroatoms. The molecular formula is C26H28O8. The number of hydrogen-bond donors (Lipinski definition) is 4. The van der Waals surface area contributed by atoms with E-state index >= 15 is 0 Å². The molecule has 8 nitrogen and oxygen atoms in total. The van der Waals surface area contributed by atoms with Gasteiger partial charge in [0.2, 0.25) is 0 Å². The summed E-state index contributed by atoms with van der Waals surface area (Å²) in [7, 11) is 0. The molecule has 180 valence electrons. The van der Waals surface area contributed by atoms with Crippen molar-refractivity contribution in [2.24, 2.45) is 0 Å². The third kappa shape index (κ3) is 4.14. The van der Waals surface area contributed by atoms with Crippen LogP contribution in [0.5, 0.6) is 5.75 Å². The van der Waals surface area contributed by atoms with Crippen molar-refractivity contribution in [1.82, 2.24) is 0 Å². The van der Waals surface area contributed by atoms with Gasteiger partial charge in [-0.3, -0.25) is 4.79 Å². The molecule has 0 fully saturated rings. The van der Waals surface area contributed by atoms with Crippen molar-refractivity contribution in [3.8, 4) is 5.75 Å². The van der Waals surface area contributed by atoms with Crippen LogP contribution in [0.3, 0.4) is 0 Å². The fraction of sp³-hybridized carbons (Fsp3) is 0.385. The Balaban J connectivity index is 1.62. The average Bonchev–Trinajstić information content (AvgIpc) is 3.24. The second-order valence-corrected chi connectivity index (χ2v) is 9.05. The molecule has 0 amide bonds. The van der Waals surface area contributed by atoms with Gasteiger partial charge in [0, 0.05) is 16.6 Å². The number of esters is 1. The number of carbonyl (C=O) groups excluding carboxylic acids is 2. The first-order chi connectivity index (χ1) is 16.2. The van der Waals surface area contributed by atoms with Crippen LogP contribution in [0, 0.1) is 0 Å². The standard InChI is InChI=1S/C26H28O8/c1-26(2)19-11-16(34-13-22(30)21(29)12-28)4-6-18(19)24(31)23-17-5-3-14(25(32)33-8-7-27)9-15(17)10-20(23)26/h3-6,9,11,21-22,27-30H,7-8,10,12-13H2,1-2H3. The molecule has 2 aromatic rings. The topological polar surface area (TPSA) is 134 Å². The summed E-state index contributed by atoms with van der Waals surface area (Å²) in [5.74, 6) is -0.177. The van der Waals surface area contributed by atoms with Crippen LogP contribution in [0.4, 0.5) is 0 Å². The van der Waals surface area contributed by atoms with Crippen LogP contribution in [0.25, 0.3) is 5.57 Å². The first kappa shape index (κ1) is 24.1. The van der Waals surface area contributed by atoms with Gasteiger partial charge in [-0.15, -0.1) is 0 Å². The summed E-state index contributed by atoms with van der Waals surface area (Å²) >= 11 is 0. The molecule has 0 aliphatic heterocycles. The number of Topliss-reactive ketones (excluding diaryl/α,β-unsaturated/α-hetero) is 1. The summed E-state index contributed by atoms with van der Waals surface area (Å²) in [5, 5.41) is 37.2. The number of ketones is 1. The van der Waals surface area contributed by atoms with Crippen LogP contribution in [0.1, 0.15) is 51.3 Å². The number of aliphatic hydroxyl groups excluding tert-OH is 4. The third-order valence-electron chi connectivity index (χ3n) is 6.55. The Hall–Kier alpha value is -3.04. The normalized spacial score (nSPS) is 17.5. The van der Waals surface area contributed by atoms with E-state index in [1.807, 2.05) is 13.8 Å². The first-order valence-electron chi connectivity index (χ1n) is 11.1. The van der Waals surface area contributed by atoms with E-state index in [4.69, 9.17) is 19.7 Å². The largest absolute Gasteiger partial charge is 0.491 e. The quantitative estimate of drug-likeness (QED) is 0.428. The van der Waals surface area contributed by atoms with Gasteiger partial charge < -0.3 is 29.9 Å². The fourth-order valence-corrected chi connectivity index (χ4v) is 4.61. The molecule has 2 aliphatic carbocycles. The Morgan fingerprint density at radius 3 is 2.50 bits per heavy atom. The van der Waals surface area contributed by atoms with Crippen molar-refractivity contribution >= 4 is 17.3 Å². The van der Waals surface area contributed by atoms with Gasteiger partial charge in [-0.25, -0.2) is 4.79 Å². The lowest BCUT2D eigenvalue weighted by Crippen LogP contribution is -2.34. The number of allylic oxidation sites excluding steroid dienone is 2. The number of hydrogen-bond acceptors (Lipinski definition) is 8. The van der Waals surface area contributed by atoms with E-state index in [1.165, 1.54) is 0 Å². The highest BCUT2D eigenvalue weighted by molar-refractivity contribution is 6.33. The highest BCUT2D eigenvalue weighted by atomic mass is 16.5.